The van der Waals surface area contributed by atoms with Gasteiger partial charge in [0.15, 0.2) is 0 Å². The van der Waals surface area contributed by atoms with Gasteiger partial charge in [-0.3, -0.25) is 4.79 Å². The van der Waals surface area contributed by atoms with Gasteiger partial charge in [0, 0.05) is 0 Å². The lowest BCUT2D eigenvalue weighted by molar-refractivity contribution is -0.154. The maximum Gasteiger partial charge on any atom is 0.311 e. The molecule has 0 aromatic heterocycles. The fourth-order valence-corrected chi connectivity index (χ4v) is 2.55. The van der Waals surface area contributed by atoms with Gasteiger partial charge in [-0.25, -0.2) is 0 Å². The zero-order valence-electron chi connectivity index (χ0n) is 12.3. The van der Waals surface area contributed by atoms with E-state index in [0.29, 0.717) is 6.61 Å². The average Bonchev–Trinajstić information content (AvgIpc) is 2.34. The molecule has 2 heteroatoms. The number of ether oxygens (including phenoxy) is 1. The second kappa shape index (κ2) is 8.55. The van der Waals surface area contributed by atoms with Crippen molar-refractivity contribution in [2.45, 2.75) is 84.5 Å². The van der Waals surface area contributed by atoms with E-state index in [9.17, 15) is 4.79 Å². The molecule has 1 saturated heterocycles. The quantitative estimate of drug-likeness (QED) is 0.577. The number of rotatable bonds is 0. The highest BCUT2D eigenvalue weighted by atomic mass is 16.5. The number of carbonyl (C=O) groups is 1. The molecule has 0 radical (unpaired) electrons. The Morgan fingerprint density at radius 1 is 0.778 bits per heavy atom. The summed E-state index contributed by atoms with van der Waals surface area (Å²) in [7, 11) is 0. The van der Waals surface area contributed by atoms with Crippen LogP contribution in [0.5, 0.6) is 0 Å². The standard InChI is InChI=1S/C16H30O2/c1-16(2)13-11-9-7-5-3-4-6-8-10-12-14-18-15(16)17/h3-14H2,1-2H3. The van der Waals surface area contributed by atoms with Crippen LogP contribution in [0.2, 0.25) is 0 Å². The van der Waals surface area contributed by atoms with Gasteiger partial charge in [-0.2, -0.15) is 0 Å². The van der Waals surface area contributed by atoms with Gasteiger partial charge in [-0.05, 0) is 26.7 Å². The topological polar surface area (TPSA) is 26.3 Å². The Labute approximate surface area is 112 Å². The summed E-state index contributed by atoms with van der Waals surface area (Å²) in [6.07, 6.45) is 13.7. The van der Waals surface area contributed by atoms with E-state index in [1.165, 1.54) is 51.4 Å². The van der Waals surface area contributed by atoms with Gasteiger partial charge in [0.05, 0.1) is 12.0 Å². The van der Waals surface area contributed by atoms with Crippen molar-refractivity contribution in [1.29, 1.82) is 0 Å². The minimum Gasteiger partial charge on any atom is -0.465 e. The molecule has 18 heavy (non-hydrogen) atoms. The lowest BCUT2D eigenvalue weighted by Gasteiger charge is -2.22. The van der Waals surface area contributed by atoms with Crippen molar-refractivity contribution in [1.82, 2.24) is 0 Å². The number of hydrogen-bond donors (Lipinski definition) is 0. The number of cyclic esters (lactones) is 1. The molecule has 0 unspecified atom stereocenters. The van der Waals surface area contributed by atoms with Crippen molar-refractivity contribution in [3.05, 3.63) is 0 Å². The summed E-state index contributed by atoms with van der Waals surface area (Å²) in [5.74, 6) is -0.00243. The van der Waals surface area contributed by atoms with E-state index in [1.807, 2.05) is 13.8 Å². The van der Waals surface area contributed by atoms with E-state index >= 15 is 0 Å². The minimum atomic E-state index is -0.291. The van der Waals surface area contributed by atoms with Crippen molar-refractivity contribution < 1.29 is 9.53 Å². The molecule has 1 aliphatic heterocycles. The highest BCUT2D eigenvalue weighted by molar-refractivity contribution is 5.75. The van der Waals surface area contributed by atoms with Crippen LogP contribution < -0.4 is 0 Å². The Morgan fingerprint density at radius 3 is 1.78 bits per heavy atom. The van der Waals surface area contributed by atoms with Gasteiger partial charge >= 0.3 is 5.97 Å². The molecule has 0 N–H and O–H groups in total. The molecule has 0 bridgehead atoms. The van der Waals surface area contributed by atoms with Crippen molar-refractivity contribution in [3.63, 3.8) is 0 Å². The largest absolute Gasteiger partial charge is 0.465 e. The Balaban J connectivity index is 2.36. The smallest absolute Gasteiger partial charge is 0.311 e. The molecule has 2 nitrogen and oxygen atoms in total. The molecular formula is C16H30O2. The Hall–Kier alpha value is -0.530. The molecule has 0 aliphatic carbocycles. The van der Waals surface area contributed by atoms with E-state index < -0.39 is 0 Å². The fraction of sp³-hybridized carbons (Fsp3) is 0.938. The number of esters is 1. The van der Waals surface area contributed by atoms with Crippen LogP contribution in [0.3, 0.4) is 0 Å². The van der Waals surface area contributed by atoms with Crippen molar-refractivity contribution in [2.24, 2.45) is 5.41 Å². The first-order chi connectivity index (χ1) is 8.63. The molecule has 106 valence electrons. The van der Waals surface area contributed by atoms with Crippen LogP contribution >= 0.6 is 0 Å². The van der Waals surface area contributed by atoms with Crippen LogP contribution in [0.1, 0.15) is 84.5 Å². The first-order valence-electron chi connectivity index (χ1n) is 7.80. The molecule has 0 amide bonds. The Kier molecular flexibility index (Phi) is 7.38. The SMILES string of the molecule is CC1(C)CCCCCCCCCCCCOC1=O. The summed E-state index contributed by atoms with van der Waals surface area (Å²) in [5.41, 5.74) is -0.291. The molecule has 1 heterocycles. The van der Waals surface area contributed by atoms with Crippen LogP contribution in [0.4, 0.5) is 0 Å². The van der Waals surface area contributed by atoms with E-state index in [0.717, 1.165) is 19.3 Å². The van der Waals surface area contributed by atoms with Crippen LogP contribution in [0.25, 0.3) is 0 Å². The normalized spacial score (nSPS) is 24.7. The van der Waals surface area contributed by atoms with Crippen molar-refractivity contribution in [2.75, 3.05) is 6.61 Å². The molecule has 0 saturated carbocycles. The third-order valence-corrected chi connectivity index (χ3v) is 3.98. The van der Waals surface area contributed by atoms with Crippen LogP contribution in [-0.2, 0) is 9.53 Å². The van der Waals surface area contributed by atoms with Crippen LogP contribution in [0, 0.1) is 5.41 Å². The van der Waals surface area contributed by atoms with E-state index in [2.05, 4.69) is 0 Å². The molecule has 0 aromatic rings. The molecule has 0 atom stereocenters. The predicted octanol–water partition coefficient (Wildman–Crippen LogP) is 4.86. The van der Waals surface area contributed by atoms with Gasteiger partial charge in [0.2, 0.25) is 0 Å². The van der Waals surface area contributed by atoms with Gasteiger partial charge in [0.25, 0.3) is 0 Å². The number of hydrogen-bond acceptors (Lipinski definition) is 2. The second-order valence-corrected chi connectivity index (χ2v) is 6.31. The van der Waals surface area contributed by atoms with Gasteiger partial charge in [-0.15, -0.1) is 0 Å². The van der Waals surface area contributed by atoms with Crippen molar-refractivity contribution in [3.8, 4) is 0 Å². The summed E-state index contributed by atoms with van der Waals surface area (Å²) in [6.45, 7) is 4.66. The van der Waals surface area contributed by atoms with Gasteiger partial charge in [-0.1, -0.05) is 57.8 Å². The lowest BCUT2D eigenvalue weighted by Crippen LogP contribution is -2.27. The van der Waals surface area contributed by atoms with E-state index in [1.54, 1.807) is 0 Å². The predicted molar refractivity (Wildman–Crippen MR) is 75.5 cm³/mol. The first-order valence-corrected chi connectivity index (χ1v) is 7.80. The second-order valence-electron chi connectivity index (χ2n) is 6.31. The molecular weight excluding hydrogens is 224 g/mol. The van der Waals surface area contributed by atoms with E-state index in [4.69, 9.17) is 4.74 Å². The highest BCUT2D eigenvalue weighted by Crippen LogP contribution is 2.26. The molecule has 1 fully saturated rings. The third-order valence-electron chi connectivity index (χ3n) is 3.98. The Bertz CT molecular complexity index is 233. The van der Waals surface area contributed by atoms with Gasteiger partial charge < -0.3 is 4.74 Å². The monoisotopic (exact) mass is 254 g/mol. The maximum absolute atomic E-state index is 12.0. The summed E-state index contributed by atoms with van der Waals surface area (Å²) >= 11 is 0. The molecule has 0 spiro atoms. The van der Waals surface area contributed by atoms with Gasteiger partial charge in [0.1, 0.15) is 0 Å². The first kappa shape index (κ1) is 15.5. The summed E-state index contributed by atoms with van der Waals surface area (Å²) in [6, 6.07) is 0. The highest BCUT2D eigenvalue weighted by Gasteiger charge is 2.28. The molecule has 0 aromatic carbocycles. The molecule has 1 aliphatic rings. The minimum absolute atomic E-state index is 0.00243. The third kappa shape index (κ3) is 6.42. The Morgan fingerprint density at radius 2 is 1.22 bits per heavy atom. The molecule has 1 rings (SSSR count). The van der Waals surface area contributed by atoms with Crippen LogP contribution in [-0.4, -0.2) is 12.6 Å². The maximum atomic E-state index is 12.0. The summed E-state index contributed by atoms with van der Waals surface area (Å²) < 4.78 is 5.39. The van der Waals surface area contributed by atoms with Crippen LogP contribution in [0.15, 0.2) is 0 Å². The average molecular weight is 254 g/mol. The fourth-order valence-electron chi connectivity index (χ4n) is 2.55. The van der Waals surface area contributed by atoms with E-state index in [-0.39, 0.29) is 11.4 Å². The van der Waals surface area contributed by atoms with Crippen molar-refractivity contribution >= 4 is 5.97 Å². The lowest BCUT2D eigenvalue weighted by atomic mass is 9.87. The number of carbonyl (C=O) groups excluding carboxylic acids is 1. The summed E-state index contributed by atoms with van der Waals surface area (Å²) in [5, 5.41) is 0. The zero-order chi connectivity index (χ0) is 13.3. The zero-order valence-corrected chi connectivity index (χ0v) is 12.3. The summed E-state index contributed by atoms with van der Waals surface area (Å²) in [4.78, 5) is 12.0.